The molecule has 128 valence electrons. The van der Waals surface area contributed by atoms with Crippen molar-refractivity contribution in [2.45, 2.75) is 51.6 Å². The summed E-state index contributed by atoms with van der Waals surface area (Å²) >= 11 is 5.95. The number of halogens is 1. The monoisotopic (exact) mass is 346 g/mol. The smallest absolute Gasteiger partial charge is 0.312 e. The summed E-state index contributed by atoms with van der Waals surface area (Å²) in [5, 5.41) is 0.514. The SMILES string of the molecule is CC(OC(=O)C12CC3CC(CC(C3)C1)C2)C(=O)c1cccc(Cl)c1. The minimum atomic E-state index is -0.760. The van der Waals surface area contributed by atoms with E-state index in [2.05, 4.69) is 0 Å². The number of esters is 1. The van der Waals surface area contributed by atoms with E-state index in [1.54, 1.807) is 31.2 Å². The molecule has 4 bridgehead atoms. The van der Waals surface area contributed by atoms with Crippen LogP contribution >= 0.6 is 11.6 Å². The number of hydrogen-bond acceptors (Lipinski definition) is 3. The van der Waals surface area contributed by atoms with Crippen molar-refractivity contribution in [1.82, 2.24) is 0 Å². The van der Waals surface area contributed by atoms with Gasteiger partial charge in [0, 0.05) is 10.6 Å². The van der Waals surface area contributed by atoms with Crippen LogP contribution in [0.15, 0.2) is 24.3 Å². The highest BCUT2D eigenvalue weighted by atomic mass is 35.5. The minimum Gasteiger partial charge on any atom is -0.454 e. The van der Waals surface area contributed by atoms with Gasteiger partial charge in [-0.1, -0.05) is 23.7 Å². The Bertz CT molecular complexity index is 646. The van der Waals surface area contributed by atoms with Gasteiger partial charge in [-0.15, -0.1) is 0 Å². The topological polar surface area (TPSA) is 43.4 Å². The van der Waals surface area contributed by atoms with E-state index >= 15 is 0 Å². The maximum absolute atomic E-state index is 12.9. The molecule has 0 aromatic heterocycles. The van der Waals surface area contributed by atoms with E-state index < -0.39 is 6.10 Å². The van der Waals surface area contributed by atoms with E-state index in [9.17, 15) is 9.59 Å². The van der Waals surface area contributed by atoms with Gasteiger partial charge >= 0.3 is 5.97 Å². The first kappa shape index (κ1) is 16.1. The molecular formula is C20H23ClO3. The van der Waals surface area contributed by atoms with E-state index in [1.165, 1.54) is 19.3 Å². The number of carbonyl (C=O) groups excluding carboxylic acids is 2. The highest BCUT2D eigenvalue weighted by molar-refractivity contribution is 6.31. The van der Waals surface area contributed by atoms with Gasteiger partial charge in [0.05, 0.1) is 5.41 Å². The summed E-state index contributed by atoms with van der Waals surface area (Å²) in [7, 11) is 0. The van der Waals surface area contributed by atoms with E-state index in [-0.39, 0.29) is 17.2 Å². The number of Topliss-reactive ketones (excluding diaryl/α,β-unsaturated/α-hetero) is 1. The van der Waals surface area contributed by atoms with Gasteiger partial charge in [0.25, 0.3) is 0 Å². The van der Waals surface area contributed by atoms with Crippen molar-refractivity contribution in [1.29, 1.82) is 0 Å². The Morgan fingerprint density at radius 2 is 1.71 bits per heavy atom. The number of rotatable bonds is 4. The molecule has 4 aliphatic rings. The van der Waals surface area contributed by atoms with Crippen LogP contribution < -0.4 is 0 Å². The number of ketones is 1. The lowest BCUT2D eigenvalue weighted by molar-refractivity contribution is -0.174. The number of hydrogen-bond donors (Lipinski definition) is 0. The first-order valence-electron chi connectivity index (χ1n) is 8.96. The second kappa shape index (κ2) is 5.87. The van der Waals surface area contributed by atoms with Crippen LogP contribution in [0.3, 0.4) is 0 Å². The number of benzene rings is 1. The zero-order valence-electron chi connectivity index (χ0n) is 14.0. The molecule has 24 heavy (non-hydrogen) atoms. The van der Waals surface area contributed by atoms with Gasteiger partial charge in [-0.25, -0.2) is 0 Å². The lowest BCUT2D eigenvalue weighted by atomic mass is 9.49. The molecule has 0 radical (unpaired) electrons. The average molecular weight is 347 g/mol. The van der Waals surface area contributed by atoms with Crippen LogP contribution in [-0.2, 0) is 9.53 Å². The number of carbonyl (C=O) groups is 2. The molecule has 0 spiro atoms. The fraction of sp³-hybridized carbons (Fsp3) is 0.600. The maximum atomic E-state index is 12.9. The third-order valence-corrected chi connectivity index (χ3v) is 6.47. The van der Waals surface area contributed by atoms with Gasteiger partial charge in [0.15, 0.2) is 6.10 Å². The summed E-state index contributed by atoms with van der Waals surface area (Å²) in [6.45, 7) is 1.67. The lowest BCUT2D eigenvalue weighted by Crippen LogP contribution is -2.51. The fourth-order valence-electron chi connectivity index (χ4n) is 5.58. The van der Waals surface area contributed by atoms with E-state index in [1.807, 2.05) is 0 Å². The van der Waals surface area contributed by atoms with Crippen LogP contribution in [0.2, 0.25) is 5.02 Å². The Labute approximate surface area is 147 Å². The quantitative estimate of drug-likeness (QED) is 0.587. The molecule has 0 N–H and O–H groups in total. The largest absolute Gasteiger partial charge is 0.454 e. The van der Waals surface area contributed by atoms with E-state index in [4.69, 9.17) is 16.3 Å². The van der Waals surface area contributed by atoms with Gasteiger partial charge < -0.3 is 4.74 Å². The third kappa shape index (κ3) is 2.77. The molecule has 1 aromatic carbocycles. The van der Waals surface area contributed by atoms with Crippen LogP contribution in [0.25, 0.3) is 0 Å². The summed E-state index contributed by atoms with van der Waals surface area (Å²) in [6.07, 6.45) is 5.95. The van der Waals surface area contributed by atoms with Gasteiger partial charge in [-0.2, -0.15) is 0 Å². The molecule has 4 heteroatoms. The van der Waals surface area contributed by atoms with Crippen molar-refractivity contribution in [2.24, 2.45) is 23.2 Å². The Hall–Kier alpha value is -1.35. The van der Waals surface area contributed by atoms with Crippen molar-refractivity contribution in [3.8, 4) is 0 Å². The highest BCUT2D eigenvalue weighted by Gasteiger charge is 2.55. The molecule has 4 fully saturated rings. The molecule has 0 aliphatic heterocycles. The molecule has 1 unspecified atom stereocenters. The van der Waals surface area contributed by atoms with Crippen molar-refractivity contribution in [2.75, 3.05) is 0 Å². The molecule has 5 rings (SSSR count). The Morgan fingerprint density at radius 1 is 1.12 bits per heavy atom. The number of ether oxygens (including phenoxy) is 1. The van der Waals surface area contributed by atoms with Gasteiger partial charge in [0.2, 0.25) is 5.78 Å². The summed E-state index contributed by atoms with van der Waals surface area (Å²) < 4.78 is 5.66. The van der Waals surface area contributed by atoms with Gasteiger partial charge in [0.1, 0.15) is 0 Å². The summed E-state index contributed by atoms with van der Waals surface area (Å²) in [5.74, 6) is 1.72. The normalized spacial score (nSPS) is 34.8. The molecule has 0 heterocycles. The summed E-state index contributed by atoms with van der Waals surface area (Å²) in [4.78, 5) is 25.4. The zero-order valence-corrected chi connectivity index (χ0v) is 14.7. The van der Waals surface area contributed by atoms with Crippen LogP contribution in [0, 0.1) is 23.2 Å². The predicted octanol–water partition coefficient (Wildman–Crippen LogP) is 4.67. The molecule has 4 aliphatic carbocycles. The predicted molar refractivity (Wildman–Crippen MR) is 91.9 cm³/mol. The van der Waals surface area contributed by atoms with Crippen molar-refractivity contribution >= 4 is 23.4 Å². The molecule has 0 saturated heterocycles. The van der Waals surface area contributed by atoms with Crippen LogP contribution in [0.4, 0.5) is 0 Å². The zero-order chi connectivity index (χ0) is 16.9. The minimum absolute atomic E-state index is 0.149. The maximum Gasteiger partial charge on any atom is 0.312 e. The Kier molecular flexibility index (Phi) is 3.95. The summed E-state index contributed by atoms with van der Waals surface area (Å²) in [6, 6.07) is 6.80. The average Bonchev–Trinajstić information content (AvgIpc) is 2.52. The second-order valence-electron chi connectivity index (χ2n) is 8.12. The van der Waals surface area contributed by atoms with E-state index in [0.717, 1.165) is 19.3 Å². The Balaban J connectivity index is 1.47. The lowest BCUT2D eigenvalue weighted by Gasteiger charge is -2.55. The Morgan fingerprint density at radius 3 is 2.25 bits per heavy atom. The first-order chi connectivity index (χ1) is 11.4. The van der Waals surface area contributed by atoms with Crippen molar-refractivity contribution in [3.05, 3.63) is 34.9 Å². The molecular weight excluding hydrogens is 324 g/mol. The van der Waals surface area contributed by atoms with Gasteiger partial charge in [-0.05, 0) is 75.3 Å². The van der Waals surface area contributed by atoms with Crippen molar-refractivity contribution in [3.63, 3.8) is 0 Å². The standard InChI is InChI=1S/C20H23ClO3/c1-12(18(22)16-3-2-4-17(21)8-16)24-19(23)20-9-13-5-14(10-20)7-15(6-13)11-20/h2-4,8,12-15H,5-7,9-11H2,1H3. The molecule has 0 amide bonds. The fourth-order valence-corrected chi connectivity index (χ4v) is 5.77. The van der Waals surface area contributed by atoms with Crippen molar-refractivity contribution < 1.29 is 14.3 Å². The van der Waals surface area contributed by atoms with E-state index in [0.29, 0.717) is 28.3 Å². The van der Waals surface area contributed by atoms with Crippen LogP contribution in [0.1, 0.15) is 55.8 Å². The third-order valence-electron chi connectivity index (χ3n) is 6.23. The molecule has 3 nitrogen and oxygen atoms in total. The first-order valence-corrected chi connectivity index (χ1v) is 9.34. The molecule has 1 atom stereocenters. The molecule has 1 aromatic rings. The second-order valence-corrected chi connectivity index (χ2v) is 8.56. The molecule has 4 saturated carbocycles. The van der Waals surface area contributed by atoms with Crippen LogP contribution in [-0.4, -0.2) is 17.9 Å². The van der Waals surface area contributed by atoms with Gasteiger partial charge in [-0.3, -0.25) is 9.59 Å². The van der Waals surface area contributed by atoms with Crippen LogP contribution in [0.5, 0.6) is 0 Å². The highest BCUT2D eigenvalue weighted by Crippen LogP contribution is 2.60. The summed E-state index contributed by atoms with van der Waals surface area (Å²) in [5.41, 5.74) is 0.172.